The van der Waals surface area contributed by atoms with Crippen LogP contribution in [0.15, 0.2) is 29.3 Å². The summed E-state index contributed by atoms with van der Waals surface area (Å²) in [5.74, 6) is 0.636. The summed E-state index contributed by atoms with van der Waals surface area (Å²) in [5, 5.41) is 0.747. The topological polar surface area (TPSA) is 68.3 Å². The third-order valence-electron chi connectivity index (χ3n) is 2.75. The summed E-state index contributed by atoms with van der Waals surface area (Å²) in [4.78, 5) is 5.45. The summed E-state index contributed by atoms with van der Waals surface area (Å²) in [6.07, 6.45) is 1.73. The Balaban J connectivity index is 2.18. The number of rotatable bonds is 5. The smallest absolute Gasteiger partial charge is 0.241 e. The minimum absolute atomic E-state index is 0.201. The fourth-order valence-corrected chi connectivity index (χ4v) is 3.80. The fourth-order valence-electron chi connectivity index (χ4n) is 1.77. The average Bonchev–Trinajstić information content (AvgIpc) is 2.82. The van der Waals surface area contributed by atoms with Gasteiger partial charge in [-0.25, -0.2) is 18.1 Å². The van der Waals surface area contributed by atoms with E-state index in [1.165, 1.54) is 11.3 Å². The number of nitrogens with zero attached hydrogens (tertiary/aromatic N) is 1. The molecule has 0 atom stereocenters. The third-order valence-corrected chi connectivity index (χ3v) is 5.23. The summed E-state index contributed by atoms with van der Waals surface area (Å²) in [7, 11) is -2.00. The van der Waals surface area contributed by atoms with Gasteiger partial charge in [0.15, 0.2) is 0 Å². The highest BCUT2D eigenvalue weighted by Crippen LogP contribution is 2.21. The molecule has 1 aromatic carbocycles. The summed E-state index contributed by atoms with van der Waals surface area (Å²) >= 11 is 1.48. The lowest BCUT2D eigenvalue weighted by atomic mass is 10.2. The van der Waals surface area contributed by atoms with E-state index in [1.54, 1.807) is 38.4 Å². The van der Waals surface area contributed by atoms with Crippen molar-refractivity contribution in [1.82, 2.24) is 9.71 Å². The van der Waals surface area contributed by atoms with Gasteiger partial charge in [0, 0.05) is 11.1 Å². The zero-order valence-corrected chi connectivity index (χ0v) is 13.1. The number of thiazole rings is 1. The quantitative estimate of drug-likeness (QED) is 0.919. The Hall–Kier alpha value is -1.44. The molecule has 0 amide bonds. The Morgan fingerprint density at radius 1 is 1.35 bits per heavy atom. The van der Waals surface area contributed by atoms with Gasteiger partial charge < -0.3 is 4.74 Å². The van der Waals surface area contributed by atoms with Gasteiger partial charge in [0.1, 0.15) is 10.8 Å². The van der Waals surface area contributed by atoms with E-state index in [9.17, 15) is 8.42 Å². The lowest BCUT2D eigenvalue weighted by Gasteiger charge is -2.09. The molecule has 0 saturated carbocycles. The van der Waals surface area contributed by atoms with E-state index in [0.717, 1.165) is 9.88 Å². The number of aromatic nitrogens is 1. The Bertz CT molecular complexity index is 708. The Morgan fingerprint density at radius 3 is 2.65 bits per heavy atom. The van der Waals surface area contributed by atoms with Crippen molar-refractivity contribution in [1.29, 1.82) is 0 Å². The molecule has 0 unspecified atom stereocenters. The maximum absolute atomic E-state index is 12.3. The number of methoxy groups -OCH3 is 1. The Kier molecular flexibility index (Phi) is 4.42. The lowest BCUT2D eigenvalue weighted by Crippen LogP contribution is -2.23. The van der Waals surface area contributed by atoms with Crippen LogP contribution in [0.25, 0.3) is 0 Å². The second-order valence-corrected chi connectivity index (χ2v) is 7.38. The van der Waals surface area contributed by atoms with Crippen molar-refractivity contribution in [3.8, 4) is 5.75 Å². The van der Waals surface area contributed by atoms with Crippen molar-refractivity contribution in [3.05, 3.63) is 39.8 Å². The zero-order valence-electron chi connectivity index (χ0n) is 11.5. The maximum Gasteiger partial charge on any atom is 0.241 e. The van der Waals surface area contributed by atoms with Gasteiger partial charge in [0.2, 0.25) is 10.0 Å². The highest BCUT2D eigenvalue weighted by molar-refractivity contribution is 7.89. The van der Waals surface area contributed by atoms with Gasteiger partial charge in [-0.2, -0.15) is 0 Å². The first-order valence-electron chi connectivity index (χ1n) is 5.98. The van der Waals surface area contributed by atoms with E-state index in [1.807, 2.05) is 6.92 Å². The first-order chi connectivity index (χ1) is 9.42. The highest BCUT2D eigenvalue weighted by Gasteiger charge is 2.17. The molecule has 0 spiro atoms. The van der Waals surface area contributed by atoms with Crippen molar-refractivity contribution in [2.75, 3.05) is 7.11 Å². The van der Waals surface area contributed by atoms with E-state index in [0.29, 0.717) is 11.3 Å². The Labute approximate surface area is 122 Å². The minimum atomic E-state index is -3.54. The normalized spacial score (nSPS) is 11.6. The van der Waals surface area contributed by atoms with E-state index < -0.39 is 10.0 Å². The summed E-state index contributed by atoms with van der Waals surface area (Å²) < 4.78 is 32.1. The van der Waals surface area contributed by atoms with Gasteiger partial charge >= 0.3 is 0 Å². The SMILES string of the molecule is COc1ccc(S(=O)(=O)NCc2ncc(C)s2)c(C)c1. The van der Waals surface area contributed by atoms with Gasteiger partial charge in [-0.15, -0.1) is 11.3 Å². The lowest BCUT2D eigenvalue weighted by molar-refractivity contribution is 0.414. The zero-order chi connectivity index (χ0) is 14.8. The van der Waals surface area contributed by atoms with Gasteiger partial charge in [0.25, 0.3) is 0 Å². The number of hydrogen-bond donors (Lipinski definition) is 1. The molecule has 0 fully saturated rings. The van der Waals surface area contributed by atoms with Crippen LogP contribution in [0.1, 0.15) is 15.4 Å². The molecule has 1 N–H and O–H groups in total. The molecular formula is C13H16N2O3S2. The maximum atomic E-state index is 12.3. The highest BCUT2D eigenvalue weighted by atomic mass is 32.2. The third kappa shape index (κ3) is 3.36. The first-order valence-corrected chi connectivity index (χ1v) is 8.28. The van der Waals surface area contributed by atoms with Crippen LogP contribution >= 0.6 is 11.3 Å². The van der Waals surface area contributed by atoms with Crippen molar-refractivity contribution in [2.45, 2.75) is 25.3 Å². The van der Waals surface area contributed by atoms with Crippen LogP contribution in [-0.4, -0.2) is 20.5 Å². The number of aryl methyl sites for hydroxylation is 2. The minimum Gasteiger partial charge on any atom is -0.497 e. The van der Waals surface area contributed by atoms with Gasteiger partial charge in [0.05, 0.1) is 18.6 Å². The molecule has 7 heteroatoms. The van der Waals surface area contributed by atoms with Crippen LogP contribution < -0.4 is 9.46 Å². The Morgan fingerprint density at radius 2 is 2.10 bits per heavy atom. The van der Waals surface area contributed by atoms with Gasteiger partial charge in [-0.05, 0) is 37.6 Å². The second-order valence-electron chi connectivity index (χ2n) is 4.32. The predicted octanol–water partition coefficient (Wildman–Crippen LogP) is 2.25. The summed E-state index contributed by atoms with van der Waals surface area (Å²) in [6, 6.07) is 4.88. The van der Waals surface area contributed by atoms with Crippen molar-refractivity contribution in [2.24, 2.45) is 0 Å². The molecule has 2 aromatic rings. The molecule has 20 heavy (non-hydrogen) atoms. The molecule has 0 aliphatic heterocycles. The van der Waals surface area contributed by atoms with Crippen LogP contribution in [0.3, 0.4) is 0 Å². The molecule has 1 aromatic heterocycles. The molecule has 0 saturated heterocycles. The van der Waals surface area contributed by atoms with Crippen molar-refractivity contribution < 1.29 is 13.2 Å². The monoisotopic (exact) mass is 312 g/mol. The molecule has 108 valence electrons. The number of sulfonamides is 1. The van der Waals surface area contributed by atoms with E-state index in [2.05, 4.69) is 9.71 Å². The van der Waals surface area contributed by atoms with Crippen molar-refractivity contribution >= 4 is 21.4 Å². The van der Waals surface area contributed by atoms with E-state index in [-0.39, 0.29) is 11.4 Å². The summed E-state index contributed by atoms with van der Waals surface area (Å²) in [6.45, 7) is 3.88. The average molecular weight is 312 g/mol. The number of ether oxygens (including phenoxy) is 1. The molecule has 0 radical (unpaired) electrons. The largest absolute Gasteiger partial charge is 0.497 e. The van der Waals surface area contributed by atoms with E-state index >= 15 is 0 Å². The van der Waals surface area contributed by atoms with Gasteiger partial charge in [-0.1, -0.05) is 0 Å². The van der Waals surface area contributed by atoms with Crippen LogP contribution in [0.5, 0.6) is 5.75 Å². The molecule has 0 aliphatic carbocycles. The van der Waals surface area contributed by atoms with Crippen LogP contribution in [0.2, 0.25) is 0 Å². The number of hydrogen-bond acceptors (Lipinski definition) is 5. The molecule has 1 heterocycles. The molecule has 0 aliphatic rings. The van der Waals surface area contributed by atoms with Crippen LogP contribution in [0.4, 0.5) is 0 Å². The first kappa shape index (κ1) is 15.0. The molecule has 0 bridgehead atoms. The van der Waals surface area contributed by atoms with Crippen LogP contribution in [0, 0.1) is 13.8 Å². The number of benzene rings is 1. The van der Waals surface area contributed by atoms with Crippen LogP contribution in [-0.2, 0) is 16.6 Å². The standard InChI is InChI=1S/C13H16N2O3S2/c1-9-6-11(18-3)4-5-12(9)20(16,17)15-8-13-14-7-10(2)19-13/h4-7,15H,8H2,1-3H3. The van der Waals surface area contributed by atoms with E-state index in [4.69, 9.17) is 4.74 Å². The molecular weight excluding hydrogens is 296 g/mol. The summed E-state index contributed by atoms with van der Waals surface area (Å²) in [5.41, 5.74) is 0.646. The fraction of sp³-hybridized carbons (Fsp3) is 0.308. The second kappa shape index (κ2) is 5.90. The number of nitrogens with one attached hydrogen (secondary N) is 1. The predicted molar refractivity (Wildman–Crippen MR) is 78.6 cm³/mol. The molecule has 5 nitrogen and oxygen atoms in total. The van der Waals surface area contributed by atoms with Gasteiger partial charge in [-0.3, -0.25) is 0 Å². The molecule has 2 rings (SSSR count). The van der Waals surface area contributed by atoms with Crippen molar-refractivity contribution in [3.63, 3.8) is 0 Å².